The van der Waals surface area contributed by atoms with Gasteiger partial charge in [-0.25, -0.2) is 0 Å². The average molecular weight is 346 g/mol. The Morgan fingerprint density at radius 3 is 2.19 bits per heavy atom. The molecule has 4 nitrogen and oxygen atoms in total. The Kier molecular flexibility index (Phi) is 4.76. The zero-order chi connectivity index (χ0) is 18.8. The predicted molar refractivity (Wildman–Crippen MR) is 104 cm³/mol. The lowest BCUT2D eigenvalue weighted by atomic mass is 10.1. The first-order valence-corrected chi connectivity index (χ1v) is 8.56. The van der Waals surface area contributed by atoms with E-state index in [0.717, 1.165) is 17.1 Å². The fourth-order valence-corrected chi connectivity index (χ4v) is 3.09. The van der Waals surface area contributed by atoms with Crippen molar-refractivity contribution in [2.45, 2.75) is 27.7 Å². The lowest BCUT2D eigenvalue weighted by Gasteiger charge is -2.12. The molecule has 2 aromatic carbocycles. The van der Waals surface area contributed by atoms with Crippen molar-refractivity contribution in [1.82, 2.24) is 4.57 Å². The van der Waals surface area contributed by atoms with E-state index in [1.54, 1.807) is 18.2 Å². The second-order valence-corrected chi connectivity index (χ2v) is 6.54. The topological polar surface area (TPSA) is 51.1 Å². The molecule has 1 heterocycles. The van der Waals surface area contributed by atoms with Gasteiger partial charge in [0.2, 0.25) is 0 Å². The third kappa shape index (κ3) is 3.31. The molecule has 3 rings (SSSR count). The molecule has 0 radical (unpaired) electrons. The Morgan fingerprint density at radius 2 is 1.54 bits per heavy atom. The number of ketones is 1. The Labute approximate surface area is 153 Å². The first-order chi connectivity index (χ1) is 12.4. The van der Waals surface area contributed by atoms with E-state index >= 15 is 0 Å². The van der Waals surface area contributed by atoms with Crippen LogP contribution in [0.2, 0.25) is 0 Å². The predicted octanol–water partition coefficient (Wildman–Crippen LogP) is 4.53. The summed E-state index contributed by atoms with van der Waals surface area (Å²) in [6, 6.07) is 16.9. The number of rotatable bonds is 4. The molecule has 0 aliphatic rings. The standard InChI is InChI=1S/C22H22N2O2/c1-14-10-11-19(12-15(14)2)24-16(3)13-20(17(24)4)21(25)22(26)23-18-8-6-5-7-9-18/h5-13H,1-4H3,(H,23,26). The molecule has 0 spiro atoms. The highest BCUT2D eigenvalue weighted by atomic mass is 16.2. The molecular formula is C22H22N2O2. The lowest BCUT2D eigenvalue weighted by molar-refractivity contribution is -0.112. The summed E-state index contributed by atoms with van der Waals surface area (Å²) in [6.07, 6.45) is 0. The van der Waals surface area contributed by atoms with Crippen LogP contribution in [-0.2, 0) is 4.79 Å². The summed E-state index contributed by atoms with van der Waals surface area (Å²) < 4.78 is 2.01. The van der Waals surface area contributed by atoms with Crippen molar-refractivity contribution < 1.29 is 9.59 Å². The SMILES string of the molecule is Cc1ccc(-n2c(C)cc(C(=O)C(=O)Nc3ccccc3)c2C)cc1C. The van der Waals surface area contributed by atoms with Gasteiger partial charge in [-0.05, 0) is 69.2 Å². The highest BCUT2D eigenvalue weighted by molar-refractivity contribution is 6.46. The van der Waals surface area contributed by atoms with Crippen molar-refractivity contribution >= 4 is 17.4 Å². The smallest absolute Gasteiger partial charge is 0.296 e. The van der Waals surface area contributed by atoms with Gasteiger partial charge in [0.05, 0.1) is 0 Å². The van der Waals surface area contributed by atoms with Gasteiger partial charge in [-0.15, -0.1) is 0 Å². The van der Waals surface area contributed by atoms with E-state index in [2.05, 4.69) is 31.3 Å². The maximum atomic E-state index is 12.7. The van der Waals surface area contributed by atoms with E-state index < -0.39 is 11.7 Å². The summed E-state index contributed by atoms with van der Waals surface area (Å²) in [4.78, 5) is 25.0. The number of anilines is 1. The van der Waals surface area contributed by atoms with Gasteiger partial charge in [0.25, 0.3) is 11.7 Å². The van der Waals surface area contributed by atoms with Crippen LogP contribution in [0.1, 0.15) is 32.9 Å². The number of Topliss-reactive ketones (excluding diaryl/α,β-unsaturated/α-hetero) is 1. The minimum atomic E-state index is -0.628. The Bertz CT molecular complexity index is 985. The van der Waals surface area contributed by atoms with E-state index in [1.165, 1.54) is 11.1 Å². The Hall–Kier alpha value is -3.14. The maximum Gasteiger partial charge on any atom is 0.296 e. The van der Waals surface area contributed by atoms with E-state index in [-0.39, 0.29) is 0 Å². The minimum absolute atomic E-state index is 0.425. The molecule has 1 N–H and O–H groups in total. The Morgan fingerprint density at radius 1 is 0.846 bits per heavy atom. The zero-order valence-corrected chi connectivity index (χ0v) is 15.5. The quantitative estimate of drug-likeness (QED) is 0.557. The average Bonchev–Trinajstić information content (AvgIpc) is 2.92. The number of nitrogens with zero attached hydrogens (tertiary/aromatic N) is 1. The van der Waals surface area contributed by atoms with Crippen molar-refractivity contribution in [3.05, 3.63) is 82.7 Å². The molecule has 132 valence electrons. The summed E-state index contributed by atoms with van der Waals surface area (Å²) in [5, 5.41) is 2.65. The van der Waals surface area contributed by atoms with Gasteiger partial charge in [-0.1, -0.05) is 24.3 Å². The molecule has 0 aliphatic heterocycles. The first kappa shape index (κ1) is 17.7. The zero-order valence-electron chi connectivity index (χ0n) is 15.5. The molecule has 3 aromatic rings. The number of amides is 1. The molecule has 26 heavy (non-hydrogen) atoms. The van der Waals surface area contributed by atoms with Crippen molar-refractivity contribution in [3.63, 3.8) is 0 Å². The summed E-state index contributed by atoms with van der Waals surface area (Å²) in [6.45, 7) is 7.93. The molecule has 0 bridgehead atoms. The molecule has 0 saturated heterocycles. The van der Waals surface area contributed by atoms with E-state index in [0.29, 0.717) is 11.3 Å². The number of aryl methyl sites for hydroxylation is 3. The summed E-state index contributed by atoms with van der Waals surface area (Å²) in [5.74, 6) is -1.16. The second-order valence-electron chi connectivity index (χ2n) is 6.54. The van der Waals surface area contributed by atoms with Gasteiger partial charge in [-0.3, -0.25) is 9.59 Å². The number of benzene rings is 2. The number of para-hydroxylation sites is 1. The van der Waals surface area contributed by atoms with Crippen LogP contribution in [0.4, 0.5) is 5.69 Å². The normalized spacial score (nSPS) is 10.6. The lowest BCUT2D eigenvalue weighted by Crippen LogP contribution is -2.23. The van der Waals surface area contributed by atoms with Crippen LogP contribution in [0, 0.1) is 27.7 Å². The van der Waals surface area contributed by atoms with Crippen molar-refractivity contribution in [3.8, 4) is 5.69 Å². The third-order valence-corrected chi connectivity index (χ3v) is 4.66. The van der Waals surface area contributed by atoms with Gasteiger partial charge in [0.15, 0.2) is 0 Å². The fraction of sp³-hybridized carbons (Fsp3) is 0.182. The van der Waals surface area contributed by atoms with Gasteiger partial charge < -0.3 is 9.88 Å². The molecule has 1 aromatic heterocycles. The van der Waals surface area contributed by atoms with Crippen LogP contribution in [0.15, 0.2) is 54.6 Å². The summed E-state index contributed by atoms with van der Waals surface area (Å²) >= 11 is 0. The second kappa shape index (κ2) is 7.00. The van der Waals surface area contributed by atoms with Crippen LogP contribution in [0.25, 0.3) is 5.69 Å². The summed E-state index contributed by atoms with van der Waals surface area (Å²) in [7, 11) is 0. The summed E-state index contributed by atoms with van der Waals surface area (Å²) in [5.41, 5.74) is 6.11. The largest absolute Gasteiger partial charge is 0.319 e. The van der Waals surface area contributed by atoms with Gasteiger partial charge in [0, 0.05) is 28.3 Å². The molecule has 1 amide bonds. The van der Waals surface area contributed by atoms with Crippen LogP contribution in [0.3, 0.4) is 0 Å². The number of nitrogens with one attached hydrogen (secondary N) is 1. The monoisotopic (exact) mass is 346 g/mol. The molecule has 0 atom stereocenters. The van der Waals surface area contributed by atoms with E-state index in [1.807, 2.05) is 42.7 Å². The van der Waals surface area contributed by atoms with Gasteiger partial charge in [0.1, 0.15) is 0 Å². The molecule has 0 aliphatic carbocycles. The number of hydrogen-bond acceptors (Lipinski definition) is 2. The first-order valence-electron chi connectivity index (χ1n) is 8.56. The number of carbonyl (C=O) groups excluding carboxylic acids is 2. The fourth-order valence-electron chi connectivity index (χ4n) is 3.09. The van der Waals surface area contributed by atoms with Crippen LogP contribution >= 0.6 is 0 Å². The van der Waals surface area contributed by atoms with E-state index in [4.69, 9.17) is 0 Å². The molecule has 0 fully saturated rings. The number of aromatic nitrogens is 1. The van der Waals surface area contributed by atoms with Gasteiger partial charge >= 0.3 is 0 Å². The number of hydrogen-bond donors (Lipinski definition) is 1. The minimum Gasteiger partial charge on any atom is -0.319 e. The molecule has 4 heteroatoms. The van der Waals surface area contributed by atoms with E-state index in [9.17, 15) is 9.59 Å². The van der Waals surface area contributed by atoms with Crippen molar-refractivity contribution in [2.75, 3.05) is 5.32 Å². The van der Waals surface area contributed by atoms with Crippen molar-refractivity contribution in [2.24, 2.45) is 0 Å². The highest BCUT2D eigenvalue weighted by Crippen LogP contribution is 2.23. The Balaban J connectivity index is 1.93. The van der Waals surface area contributed by atoms with Crippen molar-refractivity contribution in [1.29, 1.82) is 0 Å². The molecule has 0 unspecified atom stereocenters. The third-order valence-electron chi connectivity index (χ3n) is 4.66. The molecule has 0 saturated carbocycles. The maximum absolute atomic E-state index is 12.7. The molecular weight excluding hydrogens is 324 g/mol. The highest BCUT2D eigenvalue weighted by Gasteiger charge is 2.22. The van der Waals surface area contributed by atoms with Crippen LogP contribution in [0.5, 0.6) is 0 Å². The number of carbonyl (C=O) groups is 2. The van der Waals surface area contributed by atoms with Crippen LogP contribution < -0.4 is 5.32 Å². The van der Waals surface area contributed by atoms with Crippen LogP contribution in [-0.4, -0.2) is 16.3 Å². The van der Waals surface area contributed by atoms with Gasteiger partial charge in [-0.2, -0.15) is 0 Å².